The molecule has 0 rings (SSSR count). The summed E-state index contributed by atoms with van der Waals surface area (Å²) in [5, 5.41) is 0. The molecule has 0 spiro atoms. The van der Waals surface area contributed by atoms with Gasteiger partial charge < -0.3 is 0 Å². The largest absolute Gasteiger partial charge is 0 e. The third-order valence-corrected chi connectivity index (χ3v) is 0. The Morgan fingerprint density at radius 2 is 0.0222 bits per heavy atom. The van der Waals surface area contributed by atoms with E-state index >= 15 is 0 Å². The average Bonchev–Trinajstić information content (AvgIpc) is 0. The third-order valence-electron chi connectivity index (χ3n) is 0. The van der Waals surface area contributed by atoms with Gasteiger partial charge in [0.2, 0.25) is 0 Å². The Morgan fingerprint density at radius 3 is 0.0222 bits per heavy atom. The van der Waals surface area contributed by atoms with Crippen LogP contribution >= 0.6 is 0 Å². The molecule has 0 amide bonds. The Labute approximate surface area is 1410 Å². The SMILES string of the molecule is [Y].[Y].[Y].[Y].[Y].[Y].[Y].[Y].[Y].[Y].[Y].[Y].[Y].[Y].[Y].[Y].[Y].[Y].[Y].[Y].[Y].[Y].[Y].[Y].[Y].[Y].[Y].[Y].[Y].[Y].[Y].[Y].[Y].[Y].[Y].[Y].[Y].[Y].[Y].[Y].[Y].[Y].[Y].[Y].[Y]. The van der Waals surface area contributed by atoms with Gasteiger partial charge in [-0.3, -0.25) is 0 Å². The van der Waals surface area contributed by atoms with E-state index in [1.807, 2.05) is 0 Å². The number of hydrogen-bond acceptors (Lipinski definition) is 0. The first-order valence-corrected chi connectivity index (χ1v) is 0. The van der Waals surface area contributed by atoms with Crippen molar-refractivity contribution < 1.29 is 1470 Å². The molecule has 0 unspecified atom stereocenters. The number of hydrogen-bond donors (Lipinski definition) is 0. The van der Waals surface area contributed by atoms with Crippen molar-refractivity contribution in [1.29, 1.82) is 0 Å². The van der Waals surface area contributed by atoms with Crippen molar-refractivity contribution in [2.24, 2.45) is 0 Å². The van der Waals surface area contributed by atoms with Crippen LogP contribution in [-0.4, -0.2) is 0 Å². The predicted molar refractivity (Wildman–Crippen MR) is 0 cm³/mol. The van der Waals surface area contributed by atoms with Gasteiger partial charge in [-0.05, 0) is 0 Å². The van der Waals surface area contributed by atoms with E-state index in [-0.39, 0.29) is 1470 Å². The fourth-order valence-corrected chi connectivity index (χ4v) is 0. The van der Waals surface area contributed by atoms with E-state index in [4.69, 9.17) is 0 Å². The summed E-state index contributed by atoms with van der Waals surface area (Å²) >= 11 is 0. The molecule has 0 aliphatic carbocycles. The fourth-order valence-electron chi connectivity index (χ4n) is 0. The Kier molecular flexibility index (Phi) is 2440. The molecule has 0 atom stereocenters. The van der Waals surface area contributed by atoms with E-state index in [2.05, 4.69) is 0 Å². The smallest absolute Gasteiger partial charge is 0 e. The van der Waals surface area contributed by atoms with Crippen molar-refractivity contribution >= 4 is 0 Å². The van der Waals surface area contributed by atoms with Crippen molar-refractivity contribution in [1.82, 2.24) is 0 Å². The van der Waals surface area contributed by atoms with E-state index in [0.717, 1.165) is 0 Å². The fraction of sp³-hybridized carbons (Fsp3) is 0. The standard InChI is InChI=1S/45Y. The normalized spacial score (nSPS) is 0. The first kappa shape index (κ1) is 337. The quantitative estimate of drug-likeness (QED) is 0.319. The molecule has 0 aromatic carbocycles. The maximum absolute atomic E-state index is 0. The van der Waals surface area contributed by atoms with Crippen molar-refractivity contribution in [3.63, 3.8) is 0 Å². The second kappa shape index (κ2) is 326. The maximum Gasteiger partial charge on any atom is 0 e. The van der Waals surface area contributed by atoms with Gasteiger partial charge in [0.25, 0.3) is 0 Å². The average molecular weight is 4000 g/mol. The molecule has 45 radical (unpaired) electrons. The van der Waals surface area contributed by atoms with Crippen molar-refractivity contribution in [3.8, 4) is 0 Å². The maximum atomic E-state index is 0. The molecule has 0 aliphatic rings. The van der Waals surface area contributed by atoms with Crippen LogP contribution in [0.1, 0.15) is 0 Å². The molecule has 45 heavy (non-hydrogen) atoms. The van der Waals surface area contributed by atoms with Gasteiger partial charge in [0, 0.05) is 1470 Å². The zero-order valence-corrected chi connectivity index (χ0v) is 154. The molecule has 0 heterocycles. The van der Waals surface area contributed by atoms with E-state index in [1.165, 1.54) is 0 Å². The van der Waals surface area contributed by atoms with Gasteiger partial charge in [-0.1, -0.05) is 0 Å². The second-order valence-corrected chi connectivity index (χ2v) is 0. The minimum atomic E-state index is 0. The minimum absolute atomic E-state index is 0. The Hall–Kier alpha value is 49.7. The van der Waals surface area contributed by atoms with Gasteiger partial charge in [-0.15, -0.1) is 0 Å². The summed E-state index contributed by atoms with van der Waals surface area (Å²) in [5.74, 6) is 0. The topological polar surface area (TPSA) is 0 Å². The van der Waals surface area contributed by atoms with Gasteiger partial charge in [0.15, 0.2) is 0 Å². The van der Waals surface area contributed by atoms with E-state index in [9.17, 15) is 0 Å². The summed E-state index contributed by atoms with van der Waals surface area (Å²) in [7, 11) is 0. The molecule has 0 N–H and O–H groups in total. The van der Waals surface area contributed by atoms with Crippen molar-refractivity contribution in [3.05, 3.63) is 0 Å². The van der Waals surface area contributed by atoms with E-state index < -0.39 is 0 Å². The van der Waals surface area contributed by atoms with Gasteiger partial charge >= 0.3 is 0 Å². The second-order valence-electron chi connectivity index (χ2n) is 0. The van der Waals surface area contributed by atoms with Crippen LogP contribution in [0.5, 0.6) is 0 Å². The van der Waals surface area contributed by atoms with Crippen LogP contribution in [0.4, 0.5) is 0 Å². The zero-order valence-electron chi connectivity index (χ0n) is 26.0. The summed E-state index contributed by atoms with van der Waals surface area (Å²) < 4.78 is 0. The first-order chi connectivity index (χ1) is 0. The third kappa shape index (κ3) is 319. The molecule has 0 aromatic heterocycles. The molecule has 0 aromatic rings. The molecule has 0 aliphatic heterocycles. The molecular formula is Y45. The molecule has 135 valence electrons. The molecule has 45 heteroatoms. The molecule has 0 saturated carbocycles. The molecule has 0 saturated heterocycles. The van der Waals surface area contributed by atoms with Gasteiger partial charge in [0.1, 0.15) is 0 Å². The first-order valence-electron chi connectivity index (χ1n) is 0. The Balaban J connectivity index is 0. The molecule has 0 fully saturated rings. The summed E-state index contributed by atoms with van der Waals surface area (Å²) in [6.07, 6.45) is 0. The minimum Gasteiger partial charge on any atom is 0 e. The predicted octanol–water partition coefficient (Wildman–Crippen LogP) is -0.113. The van der Waals surface area contributed by atoms with Gasteiger partial charge in [0.05, 0.1) is 0 Å². The molecule has 0 bridgehead atoms. The number of rotatable bonds is 0. The monoisotopic (exact) mass is 4000 g/mol. The molecule has 0 nitrogen and oxygen atoms in total. The summed E-state index contributed by atoms with van der Waals surface area (Å²) in [6, 6.07) is 0. The van der Waals surface area contributed by atoms with E-state index in [0.29, 0.717) is 0 Å². The van der Waals surface area contributed by atoms with Crippen LogP contribution in [0.15, 0.2) is 0 Å². The van der Waals surface area contributed by atoms with Crippen molar-refractivity contribution in [2.75, 3.05) is 0 Å². The van der Waals surface area contributed by atoms with E-state index in [1.54, 1.807) is 0 Å². The van der Waals surface area contributed by atoms with Crippen LogP contribution in [0.2, 0.25) is 0 Å². The van der Waals surface area contributed by atoms with Crippen LogP contribution in [0, 0.1) is 0 Å². The van der Waals surface area contributed by atoms with Crippen LogP contribution in [0.3, 0.4) is 0 Å². The van der Waals surface area contributed by atoms with Gasteiger partial charge in [-0.25, -0.2) is 0 Å². The van der Waals surface area contributed by atoms with Crippen molar-refractivity contribution in [2.45, 2.75) is 0 Å². The zero-order chi connectivity index (χ0) is 0. The summed E-state index contributed by atoms with van der Waals surface area (Å²) in [4.78, 5) is 0. The summed E-state index contributed by atoms with van der Waals surface area (Å²) in [5.41, 5.74) is 0. The Bertz CT molecular complexity index is 0. The molecular weight excluding hydrogens is 4000 g/mol. The van der Waals surface area contributed by atoms with Crippen LogP contribution < -0.4 is 0 Å². The van der Waals surface area contributed by atoms with Crippen LogP contribution in [0.25, 0.3) is 0 Å². The summed E-state index contributed by atoms with van der Waals surface area (Å²) in [6.45, 7) is 0. The van der Waals surface area contributed by atoms with Crippen LogP contribution in [-0.2, 0) is 1470 Å². The Morgan fingerprint density at radius 1 is 0.0222 bits per heavy atom. The van der Waals surface area contributed by atoms with Gasteiger partial charge in [-0.2, -0.15) is 0 Å².